The number of piperidine rings is 1. The molecule has 0 aromatic carbocycles. The topological polar surface area (TPSA) is 23.5 Å². The molecule has 0 aromatic rings. The summed E-state index contributed by atoms with van der Waals surface area (Å²) in [5.74, 6) is 0. The van der Waals surface area contributed by atoms with E-state index in [1.807, 2.05) is 7.05 Å². The third kappa shape index (κ3) is 3.08. The van der Waals surface area contributed by atoms with Gasteiger partial charge in [-0.1, -0.05) is 0 Å². The lowest BCUT2D eigenvalue weighted by Gasteiger charge is -2.25. The second kappa shape index (κ2) is 4.14. The fraction of sp³-hybridized carbons (Fsp3) is 1.00. The average molecular weight is 149 g/mol. The van der Waals surface area contributed by atoms with Crippen molar-refractivity contribution in [2.45, 2.75) is 18.9 Å². The number of hydrogen-bond acceptors (Lipinski definition) is 2. The first kappa shape index (κ1) is 9.27. The third-order valence-corrected chi connectivity index (χ3v) is 1.60. The molecule has 0 aromatic heterocycles. The molecule has 1 heterocycles. The van der Waals surface area contributed by atoms with Gasteiger partial charge in [0, 0.05) is 6.54 Å². The molecule has 1 aliphatic rings. The Kier molecular flexibility index (Phi) is 4.27. The number of rotatable bonds is 0. The van der Waals surface area contributed by atoms with Gasteiger partial charge in [0.1, 0.15) is 0 Å². The molecule has 9 heavy (non-hydrogen) atoms. The largest absolute Gasteiger partial charge is 0.392 e. The van der Waals surface area contributed by atoms with Gasteiger partial charge in [0.25, 0.3) is 0 Å². The number of nitrogens with zero attached hydrogens (tertiary/aromatic N) is 1. The van der Waals surface area contributed by atoms with Gasteiger partial charge < -0.3 is 10.0 Å². The molecule has 1 unspecified atom stereocenters. The summed E-state index contributed by atoms with van der Waals surface area (Å²) < 4.78 is 0. The predicted octanol–water partition coefficient (Wildman–Crippen LogP) is 0.186. The molecule has 3 heteroatoms. The molecule has 0 aliphatic carbocycles. The van der Waals surface area contributed by atoms with Crippen LogP contribution in [0.2, 0.25) is 0 Å². The van der Waals surface area contributed by atoms with Crippen LogP contribution in [0.15, 0.2) is 0 Å². The molecule has 1 atom stereocenters. The van der Waals surface area contributed by atoms with Gasteiger partial charge in [-0.15, -0.1) is 0 Å². The quantitative estimate of drug-likeness (QED) is 0.531. The normalized spacial score (nSPS) is 29.3. The Morgan fingerprint density at radius 1 is 1.56 bits per heavy atom. The Balaban J connectivity index is 0.000000640. The van der Waals surface area contributed by atoms with Crippen molar-refractivity contribution in [3.8, 4) is 0 Å². The van der Waals surface area contributed by atoms with Crippen LogP contribution in [0.25, 0.3) is 0 Å². The highest BCUT2D eigenvalue weighted by Gasteiger charge is 2.12. The molecule has 0 bridgehead atoms. The Morgan fingerprint density at radius 3 is 2.56 bits per heavy atom. The van der Waals surface area contributed by atoms with E-state index in [9.17, 15) is 0 Å². The fourth-order valence-electron chi connectivity index (χ4n) is 1.14. The summed E-state index contributed by atoms with van der Waals surface area (Å²) in [7, 11) is 2.04. The van der Waals surface area contributed by atoms with E-state index in [0.29, 0.717) is 0 Å². The van der Waals surface area contributed by atoms with Gasteiger partial charge in [0.05, 0.1) is 6.10 Å². The lowest BCUT2D eigenvalue weighted by Crippen LogP contribution is -2.34. The Morgan fingerprint density at radius 2 is 2.22 bits per heavy atom. The van der Waals surface area contributed by atoms with Gasteiger partial charge in [-0.25, -0.2) is 0 Å². The van der Waals surface area contributed by atoms with Crippen LogP contribution in [0.3, 0.4) is 0 Å². The fourth-order valence-corrected chi connectivity index (χ4v) is 1.14. The average Bonchev–Trinajstić information content (AvgIpc) is 1.64. The number of β-amino-alcohol motifs (C(OH)–C–C–N with tert-alkyl or cyclic N) is 1. The van der Waals surface area contributed by atoms with Crippen LogP contribution in [0.1, 0.15) is 12.8 Å². The van der Waals surface area contributed by atoms with E-state index in [4.69, 9.17) is 5.11 Å². The van der Waals surface area contributed by atoms with Crippen LogP contribution in [0.5, 0.6) is 0 Å². The summed E-state index contributed by atoms with van der Waals surface area (Å²) in [5.41, 5.74) is 0. The maximum atomic E-state index is 9.04. The zero-order valence-electron chi connectivity index (χ0n) is 5.80. The Hall–Kier alpha value is 0.270. The summed E-state index contributed by atoms with van der Waals surface area (Å²) in [6.45, 7) is 2.01. The lowest BCUT2D eigenvalue weighted by molar-refractivity contribution is 0.0846. The van der Waals surface area contributed by atoms with E-state index in [2.05, 4.69) is 4.90 Å². The molecule has 0 amide bonds. The summed E-state index contributed by atoms with van der Waals surface area (Å²) >= 11 is 0. The van der Waals surface area contributed by atoms with E-state index in [-0.39, 0.29) is 19.6 Å². The highest BCUT2D eigenvalue weighted by molar-refractivity contribution is 7.59. The van der Waals surface area contributed by atoms with Gasteiger partial charge in [0.15, 0.2) is 0 Å². The van der Waals surface area contributed by atoms with E-state index >= 15 is 0 Å². The maximum Gasteiger partial charge on any atom is 0.0667 e. The molecule has 1 fully saturated rings. The molecule has 1 aliphatic heterocycles. The van der Waals surface area contributed by atoms with Gasteiger partial charge in [-0.2, -0.15) is 13.5 Å². The zero-order chi connectivity index (χ0) is 5.98. The highest BCUT2D eigenvalue weighted by Crippen LogP contribution is 2.06. The Bertz CT molecular complexity index is 71.5. The third-order valence-electron chi connectivity index (χ3n) is 1.60. The van der Waals surface area contributed by atoms with Crippen molar-refractivity contribution >= 4 is 13.5 Å². The summed E-state index contributed by atoms with van der Waals surface area (Å²) in [6.07, 6.45) is 2.08. The van der Waals surface area contributed by atoms with Crippen molar-refractivity contribution in [3.63, 3.8) is 0 Å². The van der Waals surface area contributed by atoms with Gasteiger partial charge in [-0.3, -0.25) is 0 Å². The van der Waals surface area contributed by atoms with E-state index in [1.165, 1.54) is 0 Å². The molecule has 2 nitrogen and oxygen atoms in total. The first-order valence-corrected chi connectivity index (χ1v) is 3.15. The van der Waals surface area contributed by atoms with Gasteiger partial charge >= 0.3 is 0 Å². The molecule has 0 spiro atoms. The zero-order valence-corrected chi connectivity index (χ0v) is 6.80. The first-order valence-electron chi connectivity index (χ1n) is 3.15. The standard InChI is InChI=1S/C6H13NO.H2S/c1-7-4-2-3-6(8)5-7;/h6,8H,2-5H2,1H3;1H2. The van der Waals surface area contributed by atoms with E-state index in [0.717, 1.165) is 25.9 Å². The molecule has 0 saturated carbocycles. The van der Waals surface area contributed by atoms with Crippen LogP contribution in [-0.2, 0) is 0 Å². The minimum Gasteiger partial charge on any atom is -0.392 e. The molecule has 1 saturated heterocycles. The Labute approximate surface area is 63.3 Å². The number of likely N-dealkylation sites (tertiary alicyclic amines) is 1. The number of aliphatic hydroxyl groups is 1. The molecular formula is C6H15NOS. The van der Waals surface area contributed by atoms with Crippen LogP contribution in [-0.4, -0.2) is 36.2 Å². The van der Waals surface area contributed by atoms with Gasteiger partial charge in [-0.05, 0) is 26.4 Å². The highest BCUT2D eigenvalue weighted by atomic mass is 32.1. The second-order valence-electron chi connectivity index (χ2n) is 2.56. The SMILES string of the molecule is CN1CCCC(O)C1.S. The summed E-state index contributed by atoms with van der Waals surface area (Å²) in [5, 5.41) is 9.04. The van der Waals surface area contributed by atoms with Crippen LogP contribution in [0, 0.1) is 0 Å². The first-order chi connectivity index (χ1) is 3.79. The number of likely N-dealkylation sites (N-methyl/N-ethyl adjacent to an activating group) is 1. The van der Waals surface area contributed by atoms with Crippen molar-refractivity contribution in [1.82, 2.24) is 4.90 Å². The monoisotopic (exact) mass is 149 g/mol. The van der Waals surface area contributed by atoms with Crippen molar-refractivity contribution in [1.29, 1.82) is 0 Å². The van der Waals surface area contributed by atoms with Crippen molar-refractivity contribution in [2.75, 3.05) is 20.1 Å². The molecular weight excluding hydrogens is 134 g/mol. The number of hydrogen-bond donors (Lipinski definition) is 1. The smallest absolute Gasteiger partial charge is 0.0667 e. The van der Waals surface area contributed by atoms with Crippen molar-refractivity contribution in [2.24, 2.45) is 0 Å². The summed E-state index contributed by atoms with van der Waals surface area (Å²) in [6, 6.07) is 0. The molecule has 0 radical (unpaired) electrons. The second-order valence-corrected chi connectivity index (χ2v) is 2.56. The predicted molar refractivity (Wildman–Crippen MR) is 43.1 cm³/mol. The van der Waals surface area contributed by atoms with E-state index < -0.39 is 0 Å². The number of aliphatic hydroxyl groups excluding tert-OH is 1. The van der Waals surface area contributed by atoms with Crippen LogP contribution < -0.4 is 0 Å². The van der Waals surface area contributed by atoms with Crippen LogP contribution in [0.4, 0.5) is 0 Å². The molecule has 1 N–H and O–H groups in total. The summed E-state index contributed by atoms with van der Waals surface area (Å²) in [4.78, 5) is 2.16. The van der Waals surface area contributed by atoms with E-state index in [1.54, 1.807) is 0 Å². The molecule has 1 rings (SSSR count). The maximum absolute atomic E-state index is 9.04. The lowest BCUT2D eigenvalue weighted by atomic mass is 10.1. The van der Waals surface area contributed by atoms with Gasteiger partial charge in [0.2, 0.25) is 0 Å². The molecule has 56 valence electrons. The van der Waals surface area contributed by atoms with Crippen molar-refractivity contribution in [3.05, 3.63) is 0 Å². The minimum atomic E-state index is -0.0613. The van der Waals surface area contributed by atoms with Crippen LogP contribution >= 0.6 is 13.5 Å². The minimum absolute atomic E-state index is 0. The van der Waals surface area contributed by atoms with Crippen molar-refractivity contribution < 1.29 is 5.11 Å².